The van der Waals surface area contributed by atoms with E-state index in [1.165, 1.54) is 0 Å². The lowest BCUT2D eigenvalue weighted by atomic mass is 9.93. The molecule has 2 saturated heterocycles. The smallest absolute Gasteiger partial charge is 0.123 e. The van der Waals surface area contributed by atoms with Crippen LogP contribution in [-0.2, 0) is 6.54 Å². The molecule has 0 radical (unpaired) electrons. The quantitative estimate of drug-likeness (QED) is 0.741. The minimum Gasteiger partial charge on any atom is -0.492 e. The van der Waals surface area contributed by atoms with Gasteiger partial charge in [0.1, 0.15) is 18.0 Å². The zero-order valence-electron chi connectivity index (χ0n) is 15.9. The van der Waals surface area contributed by atoms with Gasteiger partial charge in [-0.1, -0.05) is 18.2 Å². The van der Waals surface area contributed by atoms with E-state index in [-0.39, 0.29) is 6.61 Å². The van der Waals surface area contributed by atoms with Gasteiger partial charge in [-0.2, -0.15) is 0 Å². The fourth-order valence-electron chi connectivity index (χ4n) is 3.84. The van der Waals surface area contributed by atoms with Gasteiger partial charge in [0.15, 0.2) is 0 Å². The maximum absolute atomic E-state index is 10.4. The Bertz CT molecular complexity index is 563. The number of ether oxygens (including phenoxy) is 1. The molecule has 26 heavy (non-hydrogen) atoms. The van der Waals surface area contributed by atoms with Gasteiger partial charge < -0.3 is 19.8 Å². The number of likely N-dealkylation sites (tertiary alicyclic amines) is 1. The summed E-state index contributed by atoms with van der Waals surface area (Å²) in [5.41, 5.74) is 0.184. The van der Waals surface area contributed by atoms with E-state index in [9.17, 15) is 10.2 Å². The first kappa shape index (κ1) is 19.6. The Kier molecular flexibility index (Phi) is 6.89. The fourth-order valence-corrected chi connectivity index (χ4v) is 3.84. The van der Waals surface area contributed by atoms with Gasteiger partial charge in [0.2, 0.25) is 0 Å². The highest BCUT2D eigenvalue weighted by atomic mass is 16.5. The summed E-state index contributed by atoms with van der Waals surface area (Å²) in [7, 11) is 2.17. The number of nitrogens with zero attached hydrogens (tertiary/aromatic N) is 3. The molecule has 2 fully saturated rings. The number of likely N-dealkylation sites (N-methyl/N-ethyl adjacent to an activating group) is 1. The molecule has 3 rings (SSSR count). The van der Waals surface area contributed by atoms with Crippen LogP contribution in [0, 0.1) is 0 Å². The van der Waals surface area contributed by atoms with Crippen molar-refractivity contribution < 1.29 is 14.9 Å². The molecule has 0 bridgehead atoms. The molecule has 2 aliphatic rings. The van der Waals surface area contributed by atoms with Crippen molar-refractivity contribution in [3.63, 3.8) is 0 Å². The lowest BCUT2D eigenvalue weighted by Crippen LogP contribution is -2.50. The van der Waals surface area contributed by atoms with E-state index in [0.29, 0.717) is 19.6 Å². The Morgan fingerprint density at radius 3 is 2.62 bits per heavy atom. The van der Waals surface area contributed by atoms with Crippen LogP contribution in [-0.4, -0.2) is 96.6 Å². The van der Waals surface area contributed by atoms with Gasteiger partial charge in [-0.15, -0.1) is 0 Å². The van der Waals surface area contributed by atoms with Crippen molar-refractivity contribution in [2.24, 2.45) is 0 Å². The van der Waals surface area contributed by atoms with E-state index in [1.54, 1.807) is 0 Å². The number of aliphatic hydroxyl groups excluding tert-OH is 1. The predicted octanol–water partition coefficient (Wildman–Crippen LogP) is 0.632. The number of hydrogen-bond acceptors (Lipinski definition) is 6. The van der Waals surface area contributed by atoms with Crippen LogP contribution >= 0.6 is 0 Å². The highest BCUT2D eigenvalue weighted by Gasteiger charge is 2.32. The Morgan fingerprint density at radius 2 is 1.85 bits per heavy atom. The minimum atomic E-state index is -0.963. The lowest BCUT2D eigenvalue weighted by molar-refractivity contribution is -0.0688. The van der Waals surface area contributed by atoms with Crippen LogP contribution < -0.4 is 4.74 Å². The SMILES string of the molecule is CN1CCN(CCOc2ccccc2CN2CCC[C@](O)(CO)C2)CC1. The Morgan fingerprint density at radius 1 is 1.08 bits per heavy atom. The molecule has 0 aliphatic carbocycles. The number of para-hydroxylation sites is 1. The van der Waals surface area contributed by atoms with Gasteiger partial charge in [-0.3, -0.25) is 9.80 Å². The van der Waals surface area contributed by atoms with Gasteiger partial charge in [0, 0.05) is 51.4 Å². The van der Waals surface area contributed by atoms with Crippen molar-refractivity contribution in [3.05, 3.63) is 29.8 Å². The number of piperazine rings is 1. The van der Waals surface area contributed by atoms with Crippen molar-refractivity contribution in [3.8, 4) is 5.75 Å². The van der Waals surface area contributed by atoms with Gasteiger partial charge in [0.05, 0.1) is 6.61 Å². The molecule has 1 aromatic carbocycles. The lowest BCUT2D eigenvalue weighted by Gasteiger charge is -2.38. The second kappa shape index (κ2) is 9.15. The highest BCUT2D eigenvalue weighted by molar-refractivity contribution is 5.33. The van der Waals surface area contributed by atoms with Crippen molar-refractivity contribution >= 4 is 0 Å². The molecule has 146 valence electrons. The number of hydrogen-bond donors (Lipinski definition) is 2. The number of benzene rings is 1. The maximum Gasteiger partial charge on any atom is 0.123 e. The van der Waals surface area contributed by atoms with Gasteiger partial charge >= 0.3 is 0 Å². The molecule has 2 heterocycles. The Balaban J connectivity index is 1.51. The second-order valence-corrected chi connectivity index (χ2v) is 7.80. The molecular formula is C20H33N3O3. The third-order valence-corrected chi connectivity index (χ3v) is 5.56. The van der Waals surface area contributed by atoms with Gasteiger partial charge in [-0.05, 0) is 32.5 Å². The van der Waals surface area contributed by atoms with Crippen LogP contribution in [0.5, 0.6) is 5.75 Å². The van der Waals surface area contributed by atoms with E-state index in [1.807, 2.05) is 18.2 Å². The van der Waals surface area contributed by atoms with Crippen LogP contribution in [0.2, 0.25) is 0 Å². The summed E-state index contributed by atoms with van der Waals surface area (Å²) in [5, 5.41) is 19.8. The number of rotatable bonds is 7. The largest absolute Gasteiger partial charge is 0.492 e. The summed E-state index contributed by atoms with van der Waals surface area (Å²) in [6, 6.07) is 8.17. The van der Waals surface area contributed by atoms with E-state index < -0.39 is 5.60 Å². The first-order valence-corrected chi connectivity index (χ1v) is 9.75. The first-order chi connectivity index (χ1) is 12.6. The van der Waals surface area contributed by atoms with Crippen LogP contribution in [0.1, 0.15) is 18.4 Å². The monoisotopic (exact) mass is 363 g/mol. The standard InChI is InChI=1S/C20H33N3O3/c1-21-9-11-22(12-10-21)13-14-26-19-6-3-2-5-18(19)15-23-8-4-7-20(25,16-23)17-24/h2-3,5-6,24-25H,4,7-17H2,1H3/t20-/m1/s1. The summed E-state index contributed by atoms with van der Waals surface area (Å²) in [6.07, 6.45) is 1.58. The maximum atomic E-state index is 10.4. The Hall–Kier alpha value is -1.18. The summed E-state index contributed by atoms with van der Waals surface area (Å²) in [6.45, 7) is 8.14. The third-order valence-electron chi connectivity index (χ3n) is 5.56. The van der Waals surface area contributed by atoms with Crippen molar-refractivity contribution in [1.29, 1.82) is 0 Å². The molecule has 0 amide bonds. The van der Waals surface area contributed by atoms with E-state index in [0.717, 1.165) is 63.5 Å². The third kappa shape index (κ3) is 5.41. The summed E-state index contributed by atoms with van der Waals surface area (Å²) < 4.78 is 6.09. The van der Waals surface area contributed by atoms with Crippen molar-refractivity contribution in [2.45, 2.75) is 25.0 Å². The Labute approximate surface area is 157 Å². The van der Waals surface area contributed by atoms with Gasteiger partial charge in [0.25, 0.3) is 0 Å². The predicted molar refractivity (Wildman–Crippen MR) is 102 cm³/mol. The molecule has 2 aliphatic heterocycles. The molecule has 1 atom stereocenters. The number of aliphatic hydroxyl groups is 2. The van der Waals surface area contributed by atoms with Crippen LogP contribution in [0.3, 0.4) is 0 Å². The molecule has 0 unspecified atom stereocenters. The van der Waals surface area contributed by atoms with E-state index >= 15 is 0 Å². The molecule has 6 heteroatoms. The minimum absolute atomic E-state index is 0.174. The average molecular weight is 364 g/mol. The number of β-amino-alcohol motifs (C(OH)–C–C–N with tert-alkyl or cyclic N) is 1. The highest BCUT2D eigenvalue weighted by Crippen LogP contribution is 2.25. The van der Waals surface area contributed by atoms with Gasteiger partial charge in [-0.25, -0.2) is 0 Å². The molecule has 2 N–H and O–H groups in total. The van der Waals surface area contributed by atoms with Crippen molar-refractivity contribution in [1.82, 2.24) is 14.7 Å². The van der Waals surface area contributed by atoms with Crippen molar-refractivity contribution in [2.75, 3.05) is 66.1 Å². The zero-order valence-corrected chi connectivity index (χ0v) is 15.9. The normalized spacial score (nSPS) is 26.1. The van der Waals surface area contributed by atoms with Crippen LogP contribution in [0.25, 0.3) is 0 Å². The molecule has 0 saturated carbocycles. The molecule has 6 nitrogen and oxygen atoms in total. The summed E-state index contributed by atoms with van der Waals surface area (Å²) in [4.78, 5) is 7.02. The molecule has 1 aromatic rings. The molecular weight excluding hydrogens is 330 g/mol. The van der Waals surface area contributed by atoms with E-state index in [4.69, 9.17) is 4.74 Å². The second-order valence-electron chi connectivity index (χ2n) is 7.80. The number of piperidine rings is 1. The summed E-state index contributed by atoms with van der Waals surface area (Å²) in [5.74, 6) is 0.930. The average Bonchev–Trinajstić information content (AvgIpc) is 2.65. The zero-order chi connectivity index (χ0) is 18.4. The van der Waals surface area contributed by atoms with E-state index in [2.05, 4.69) is 27.8 Å². The topological polar surface area (TPSA) is 59.4 Å². The van der Waals surface area contributed by atoms with Crippen LogP contribution in [0.4, 0.5) is 0 Å². The fraction of sp³-hybridized carbons (Fsp3) is 0.700. The van der Waals surface area contributed by atoms with Crippen LogP contribution in [0.15, 0.2) is 24.3 Å². The summed E-state index contributed by atoms with van der Waals surface area (Å²) >= 11 is 0. The molecule has 0 aromatic heterocycles. The first-order valence-electron chi connectivity index (χ1n) is 9.75. The molecule has 0 spiro atoms.